The molecule has 0 radical (unpaired) electrons. The van der Waals surface area contributed by atoms with Gasteiger partial charge in [-0.1, -0.05) is 44.5 Å². The summed E-state index contributed by atoms with van der Waals surface area (Å²) in [4.78, 5) is 73.9. The van der Waals surface area contributed by atoms with E-state index < -0.39 is 24.3 Å². The van der Waals surface area contributed by atoms with Gasteiger partial charge >= 0.3 is 12.2 Å². The summed E-state index contributed by atoms with van der Waals surface area (Å²) < 4.78 is 22.8. The number of aromatic nitrogens is 4. The number of hydrogen-bond donors (Lipinski definition) is 4. The van der Waals surface area contributed by atoms with Crippen LogP contribution >= 0.6 is 0 Å². The molecule has 4 N–H and O–H groups in total. The van der Waals surface area contributed by atoms with Crippen LogP contribution in [0, 0.1) is 17.8 Å². The number of rotatable bonds is 11. The van der Waals surface area contributed by atoms with Gasteiger partial charge in [0.05, 0.1) is 50.1 Å². The maximum absolute atomic E-state index is 14.6. The van der Waals surface area contributed by atoms with E-state index in [9.17, 15) is 19.2 Å². The summed E-state index contributed by atoms with van der Waals surface area (Å²) in [5.74, 6) is 3.90. The predicted molar refractivity (Wildman–Crippen MR) is 243 cm³/mol. The van der Waals surface area contributed by atoms with E-state index in [0.29, 0.717) is 36.8 Å². The van der Waals surface area contributed by atoms with Gasteiger partial charge in [-0.05, 0) is 97.6 Å². The number of hydrogen-bond acceptors (Lipinski definition) is 10. The Kier molecular flexibility index (Phi) is 9.87. The van der Waals surface area contributed by atoms with Crippen LogP contribution in [-0.4, -0.2) is 86.1 Å². The molecule has 4 amide bonds. The molecule has 0 unspecified atom stereocenters. The highest BCUT2D eigenvalue weighted by atomic mass is 16.5. The van der Waals surface area contributed by atoms with Crippen LogP contribution in [-0.2, 0) is 32.3 Å². The predicted octanol–water partition coefficient (Wildman–Crippen LogP) is 7.99. The number of H-pyrrole nitrogens is 2. The third-order valence-electron chi connectivity index (χ3n) is 15.5. The third-order valence-corrected chi connectivity index (χ3v) is 15.5. The van der Waals surface area contributed by atoms with Gasteiger partial charge in [-0.2, -0.15) is 0 Å². The lowest BCUT2D eigenvalue weighted by Crippen LogP contribution is -2.52. The summed E-state index contributed by atoms with van der Waals surface area (Å²) in [6, 6.07) is 14.6. The number of benzene rings is 3. The van der Waals surface area contributed by atoms with Crippen molar-refractivity contribution >= 4 is 24.0 Å². The molecule has 8 atom stereocenters. The smallest absolute Gasteiger partial charge is 0.407 e. The quantitative estimate of drug-likeness (QED) is 0.101. The lowest BCUT2D eigenvalue weighted by atomic mass is 9.80. The van der Waals surface area contributed by atoms with Gasteiger partial charge in [0.25, 0.3) is 5.91 Å². The molecule has 3 saturated carbocycles. The van der Waals surface area contributed by atoms with Gasteiger partial charge in [0.1, 0.15) is 48.4 Å². The SMILES string of the molecule is COC(=O)N[C@H](C(=O)N1[C@@H]2C[C@@H]2C[C@H]1c1ncc(-c2cc3c4c(c2)OCc2cc(-c5cnc([C@@H]6C[C@H]7C[C@H]7N6C(=O)[C@H](NC(=O)OC)c6ccc(C7CCC7)cc6)[nH]5)cc(c2-4)OC3)[nH]1)C(C)C. The Labute approximate surface area is 387 Å². The topological polar surface area (TPSA) is 193 Å². The summed E-state index contributed by atoms with van der Waals surface area (Å²) in [5, 5.41) is 5.58. The maximum atomic E-state index is 14.6. The molecule has 16 nitrogen and oxygen atoms in total. The fraction of sp³-hybridized carbons (Fsp3) is 0.451. The molecule has 346 valence electrons. The van der Waals surface area contributed by atoms with E-state index in [0.717, 1.165) is 93.3 Å². The number of likely N-dealkylation sites (tertiary alicyclic amines) is 2. The standard InChI is InChI=1S/C51H54N8O8/c1-24(2)44(56-50(62)64-3)48(60)58-36-14-30(36)16-38(58)46-52-20-34(54-46)28-12-32-22-67-41-19-29(13-33-23-66-40(18-28)42(32)43(33)41)35-21-53-47(55-35)39-17-31-15-37(31)59(39)49(61)45(57-51(63)65-4)27-10-8-26(9-11-27)25-6-5-7-25/h8-13,18-21,24-25,30-31,36-39,44-45H,5-7,14-17,22-23H2,1-4H3,(H,52,54)(H,53,55)(H,56,62)(H,57,63)/t30-,31-,36-,37-,38+,39+,44+,45-/m1/s1. The number of alkyl carbamates (subject to hydrolysis) is 2. The van der Waals surface area contributed by atoms with Crippen LogP contribution in [0.15, 0.2) is 60.9 Å². The van der Waals surface area contributed by atoms with Crippen molar-refractivity contribution in [1.29, 1.82) is 0 Å². The van der Waals surface area contributed by atoms with Crippen LogP contribution < -0.4 is 20.1 Å². The van der Waals surface area contributed by atoms with Gasteiger partial charge in [0, 0.05) is 45.5 Å². The average molecular weight is 907 g/mol. The monoisotopic (exact) mass is 906 g/mol. The summed E-state index contributed by atoms with van der Waals surface area (Å²) >= 11 is 0. The molecule has 0 bridgehead atoms. The second kappa shape index (κ2) is 15.9. The van der Waals surface area contributed by atoms with Crippen molar-refractivity contribution in [2.45, 2.75) is 114 Å². The third kappa shape index (κ3) is 7.09. The Bertz CT molecular complexity index is 2780. The van der Waals surface area contributed by atoms with Crippen LogP contribution in [0.1, 0.15) is 117 Å². The van der Waals surface area contributed by atoms with E-state index >= 15 is 0 Å². The van der Waals surface area contributed by atoms with Gasteiger partial charge in [-0.15, -0.1) is 0 Å². The molecule has 67 heavy (non-hydrogen) atoms. The molecular weight excluding hydrogens is 853 g/mol. The lowest BCUT2D eigenvalue weighted by Gasteiger charge is -2.32. The number of nitrogens with zero attached hydrogens (tertiary/aromatic N) is 4. The minimum Gasteiger partial charge on any atom is -0.488 e. The fourth-order valence-electron chi connectivity index (χ4n) is 11.5. The first kappa shape index (κ1) is 41.6. The zero-order valence-corrected chi connectivity index (χ0v) is 38.0. The number of amides is 4. The van der Waals surface area contributed by atoms with Gasteiger partial charge in [0.2, 0.25) is 5.91 Å². The Hall–Kier alpha value is -6.84. The first-order chi connectivity index (χ1) is 32.5. The fourth-order valence-corrected chi connectivity index (χ4v) is 11.5. The van der Waals surface area contributed by atoms with Crippen LogP contribution in [0.4, 0.5) is 9.59 Å². The molecule has 7 aliphatic rings. The van der Waals surface area contributed by atoms with Crippen molar-refractivity contribution < 1.29 is 38.1 Å². The number of carbonyl (C=O) groups is 4. The zero-order valence-electron chi connectivity index (χ0n) is 38.0. The van der Waals surface area contributed by atoms with E-state index in [4.69, 9.17) is 28.9 Å². The molecule has 4 aliphatic heterocycles. The van der Waals surface area contributed by atoms with E-state index in [-0.39, 0.29) is 41.9 Å². The molecule has 16 heteroatoms. The number of imidazole rings is 2. The first-order valence-corrected chi connectivity index (χ1v) is 23.7. The Morgan fingerprint density at radius 3 is 1.72 bits per heavy atom. The number of piperidine rings is 2. The molecular formula is C51H54N8O8. The van der Waals surface area contributed by atoms with E-state index in [1.807, 2.05) is 60.3 Å². The summed E-state index contributed by atoms with van der Waals surface area (Å²) in [7, 11) is 2.61. The molecule has 2 saturated heterocycles. The summed E-state index contributed by atoms with van der Waals surface area (Å²) in [6.45, 7) is 4.52. The Morgan fingerprint density at radius 2 is 1.22 bits per heavy atom. The molecule has 5 fully saturated rings. The molecule has 5 aromatic rings. The average Bonchev–Trinajstić information content (AvgIpc) is 3.90. The molecule has 6 heterocycles. The molecule has 2 aromatic heterocycles. The second-order valence-electron chi connectivity index (χ2n) is 19.8. The summed E-state index contributed by atoms with van der Waals surface area (Å²) in [5.41, 5.74) is 9.46. The summed E-state index contributed by atoms with van der Waals surface area (Å²) in [6.07, 6.45) is 9.44. The largest absolute Gasteiger partial charge is 0.488 e. The van der Waals surface area contributed by atoms with Crippen LogP contribution in [0.25, 0.3) is 33.6 Å². The Morgan fingerprint density at radius 1 is 0.701 bits per heavy atom. The normalized spacial score (nSPS) is 24.6. The van der Waals surface area contributed by atoms with Crippen molar-refractivity contribution in [3.05, 3.63) is 94.8 Å². The number of carbonyl (C=O) groups excluding carboxylic acids is 4. The minimum atomic E-state index is -0.890. The van der Waals surface area contributed by atoms with Gasteiger partial charge in [-0.25, -0.2) is 19.6 Å². The highest BCUT2D eigenvalue weighted by Crippen LogP contribution is 2.56. The number of nitrogens with one attached hydrogen (secondary N) is 4. The van der Waals surface area contributed by atoms with Crippen molar-refractivity contribution in [3.8, 4) is 45.1 Å². The van der Waals surface area contributed by atoms with E-state index in [2.05, 4.69) is 44.9 Å². The molecule has 3 aliphatic carbocycles. The van der Waals surface area contributed by atoms with Crippen molar-refractivity contribution in [2.24, 2.45) is 17.8 Å². The van der Waals surface area contributed by atoms with Crippen molar-refractivity contribution in [2.75, 3.05) is 14.2 Å². The van der Waals surface area contributed by atoms with Gasteiger partial charge in [-0.3, -0.25) is 9.59 Å². The van der Waals surface area contributed by atoms with Crippen LogP contribution in [0.5, 0.6) is 11.5 Å². The van der Waals surface area contributed by atoms with Gasteiger partial charge in [0.15, 0.2) is 0 Å². The van der Waals surface area contributed by atoms with Crippen molar-refractivity contribution in [3.63, 3.8) is 0 Å². The second-order valence-corrected chi connectivity index (χ2v) is 19.8. The van der Waals surface area contributed by atoms with Crippen molar-refractivity contribution in [1.82, 2.24) is 40.4 Å². The zero-order chi connectivity index (χ0) is 45.8. The highest BCUT2D eigenvalue weighted by molar-refractivity contribution is 5.90. The van der Waals surface area contributed by atoms with E-state index in [1.54, 1.807) is 0 Å². The number of methoxy groups -OCH3 is 2. The number of aromatic amines is 2. The Balaban J connectivity index is 0.783. The maximum Gasteiger partial charge on any atom is 0.407 e. The minimum absolute atomic E-state index is 0.0887. The van der Waals surface area contributed by atoms with Gasteiger partial charge < -0.3 is 49.3 Å². The van der Waals surface area contributed by atoms with E-state index in [1.165, 1.54) is 39.0 Å². The lowest BCUT2D eigenvalue weighted by molar-refractivity contribution is -0.137. The first-order valence-electron chi connectivity index (χ1n) is 23.7. The number of fused-ring (bicyclic) bond motifs is 2. The molecule has 3 aromatic carbocycles. The molecule has 0 spiro atoms. The highest BCUT2D eigenvalue weighted by Gasteiger charge is 2.57. The van der Waals surface area contributed by atoms with Crippen LogP contribution in [0.2, 0.25) is 0 Å². The van der Waals surface area contributed by atoms with Crippen LogP contribution in [0.3, 0.4) is 0 Å². The molecule has 12 rings (SSSR count). The number of ether oxygens (including phenoxy) is 4.